The first-order valence-electron chi connectivity index (χ1n) is 11.9. The van der Waals surface area contributed by atoms with E-state index in [4.69, 9.17) is 19.9 Å². The van der Waals surface area contributed by atoms with Gasteiger partial charge in [0.15, 0.2) is 0 Å². The van der Waals surface area contributed by atoms with E-state index in [1.807, 2.05) is 72.1 Å². The zero-order chi connectivity index (χ0) is 26.6. The molecule has 0 aliphatic heterocycles. The topological polar surface area (TPSA) is 123 Å². The average Bonchev–Trinajstić information content (AvgIpc) is 2.58. The van der Waals surface area contributed by atoms with Gasteiger partial charge >= 0.3 is 17.9 Å². The number of hydrogen-bond donors (Lipinski definition) is 2. The summed E-state index contributed by atoms with van der Waals surface area (Å²) in [5.74, 6) is -0.992. The van der Waals surface area contributed by atoms with Crippen LogP contribution in [0, 0.1) is 0 Å². The second-order valence-corrected chi connectivity index (χ2v) is 11.3. The van der Waals surface area contributed by atoms with Gasteiger partial charge in [-0.3, -0.25) is 24.2 Å². The van der Waals surface area contributed by atoms with Crippen LogP contribution in [0.15, 0.2) is 0 Å². The second kappa shape index (κ2) is 14.6. The molecule has 3 N–H and O–H groups in total. The Balaban J connectivity index is 4.93. The van der Waals surface area contributed by atoms with Crippen LogP contribution in [0.25, 0.3) is 0 Å². The van der Waals surface area contributed by atoms with E-state index in [2.05, 4.69) is 5.32 Å². The molecule has 0 saturated heterocycles. The van der Waals surface area contributed by atoms with Crippen molar-refractivity contribution in [2.45, 2.75) is 79.1 Å². The van der Waals surface area contributed by atoms with Gasteiger partial charge in [-0.25, -0.2) is 0 Å². The van der Waals surface area contributed by atoms with E-state index in [9.17, 15) is 14.4 Å². The van der Waals surface area contributed by atoms with Crippen LogP contribution >= 0.6 is 0 Å². The molecule has 0 aromatic carbocycles. The maximum absolute atomic E-state index is 12.4. The van der Waals surface area contributed by atoms with Crippen LogP contribution in [-0.4, -0.2) is 103 Å². The van der Waals surface area contributed by atoms with Gasteiger partial charge in [-0.1, -0.05) is 0 Å². The monoisotopic (exact) mass is 488 g/mol. The normalized spacial score (nSPS) is 12.7. The lowest BCUT2D eigenvalue weighted by Gasteiger charge is -2.29. The summed E-state index contributed by atoms with van der Waals surface area (Å²) in [6, 6.07) is 0. The van der Waals surface area contributed by atoms with Gasteiger partial charge in [0.2, 0.25) is 0 Å². The molecule has 34 heavy (non-hydrogen) atoms. The maximum Gasteiger partial charge on any atom is 0.320 e. The number of nitrogens with two attached hydrogens (primary N) is 1. The Labute approximate surface area is 205 Å². The number of carbonyl (C=O) groups is 3. The Morgan fingerprint density at radius 1 is 0.647 bits per heavy atom. The number of ether oxygens (including phenoxy) is 3. The summed E-state index contributed by atoms with van der Waals surface area (Å²) in [6.07, 6.45) is 0. The third-order valence-electron chi connectivity index (χ3n) is 4.02. The fourth-order valence-electron chi connectivity index (χ4n) is 2.92. The number of rotatable bonds is 14. The van der Waals surface area contributed by atoms with Crippen molar-refractivity contribution in [3.05, 3.63) is 0 Å². The molecule has 10 nitrogen and oxygen atoms in total. The van der Waals surface area contributed by atoms with E-state index in [-0.39, 0.29) is 37.5 Å². The lowest BCUT2D eigenvalue weighted by atomic mass is 10.2. The van der Waals surface area contributed by atoms with Gasteiger partial charge in [-0.05, 0) is 62.3 Å². The third kappa shape index (κ3) is 19.7. The molecule has 0 rings (SSSR count). The van der Waals surface area contributed by atoms with Gasteiger partial charge in [-0.2, -0.15) is 0 Å². The van der Waals surface area contributed by atoms with E-state index in [0.717, 1.165) is 0 Å². The maximum atomic E-state index is 12.4. The SMILES string of the molecule is CC(C)(C)OC(=O)CNCCN(CCN(CCN)CC(=O)OC(C)(C)C)CC(=O)OC(C)(C)C. The van der Waals surface area contributed by atoms with Crippen molar-refractivity contribution in [2.24, 2.45) is 5.73 Å². The molecule has 0 spiro atoms. The van der Waals surface area contributed by atoms with Crippen molar-refractivity contribution in [2.75, 3.05) is 58.9 Å². The molecule has 0 bridgehead atoms. The van der Waals surface area contributed by atoms with Crippen molar-refractivity contribution >= 4 is 17.9 Å². The number of carbonyl (C=O) groups excluding carboxylic acids is 3. The molecular formula is C24H48N4O6. The summed E-state index contributed by atoms with van der Waals surface area (Å²) in [5, 5.41) is 3.05. The standard InChI is InChI=1S/C24H48N4O6/c1-22(2,3)32-19(29)16-26-11-13-28(18-21(31)34-24(7,8)9)15-14-27(12-10-25)17-20(30)33-23(4,5)6/h26H,10-18,25H2,1-9H3. The second-order valence-electron chi connectivity index (χ2n) is 11.3. The summed E-state index contributed by atoms with van der Waals surface area (Å²) in [7, 11) is 0. The molecule has 0 radical (unpaired) electrons. The van der Waals surface area contributed by atoms with Crippen LogP contribution < -0.4 is 11.1 Å². The fourth-order valence-corrected chi connectivity index (χ4v) is 2.92. The minimum absolute atomic E-state index is 0.0789. The first kappa shape index (κ1) is 32.2. The summed E-state index contributed by atoms with van der Waals surface area (Å²) in [4.78, 5) is 40.4. The molecule has 0 fully saturated rings. The van der Waals surface area contributed by atoms with E-state index >= 15 is 0 Å². The van der Waals surface area contributed by atoms with Crippen molar-refractivity contribution < 1.29 is 28.6 Å². The van der Waals surface area contributed by atoms with E-state index < -0.39 is 16.8 Å². The minimum atomic E-state index is -0.583. The molecule has 0 saturated carbocycles. The number of esters is 3. The van der Waals surface area contributed by atoms with Gasteiger partial charge in [0.05, 0.1) is 19.6 Å². The summed E-state index contributed by atoms with van der Waals surface area (Å²) in [6.45, 7) is 19.6. The molecule has 200 valence electrons. The smallest absolute Gasteiger partial charge is 0.320 e. The molecule has 0 atom stereocenters. The molecule has 0 heterocycles. The molecule has 0 unspecified atom stereocenters. The van der Waals surface area contributed by atoms with Crippen LogP contribution in [0.3, 0.4) is 0 Å². The molecule has 0 aromatic rings. The van der Waals surface area contributed by atoms with Crippen LogP contribution in [0.5, 0.6) is 0 Å². The Hall–Kier alpha value is -1.75. The molecule has 0 aliphatic carbocycles. The van der Waals surface area contributed by atoms with Gasteiger partial charge in [-0.15, -0.1) is 0 Å². The number of nitrogens with zero attached hydrogens (tertiary/aromatic N) is 2. The number of hydrogen-bond acceptors (Lipinski definition) is 10. The molecule has 0 aromatic heterocycles. The first-order chi connectivity index (χ1) is 15.4. The van der Waals surface area contributed by atoms with Crippen molar-refractivity contribution in [1.29, 1.82) is 0 Å². The first-order valence-corrected chi connectivity index (χ1v) is 11.9. The highest BCUT2D eigenvalue weighted by molar-refractivity contribution is 5.73. The predicted molar refractivity (Wildman–Crippen MR) is 132 cm³/mol. The fraction of sp³-hybridized carbons (Fsp3) is 0.875. The van der Waals surface area contributed by atoms with Crippen LogP contribution in [0.1, 0.15) is 62.3 Å². The highest BCUT2D eigenvalue weighted by Gasteiger charge is 2.22. The van der Waals surface area contributed by atoms with E-state index in [1.165, 1.54) is 0 Å². The van der Waals surface area contributed by atoms with Crippen LogP contribution in [0.4, 0.5) is 0 Å². The van der Waals surface area contributed by atoms with Crippen molar-refractivity contribution in [3.63, 3.8) is 0 Å². The van der Waals surface area contributed by atoms with Gasteiger partial charge < -0.3 is 25.3 Å². The largest absolute Gasteiger partial charge is 0.459 e. The molecule has 0 amide bonds. The Morgan fingerprint density at radius 3 is 1.41 bits per heavy atom. The average molecular weight is 489 g/mol. The van der Waals surface area contributed by atoms with Gasteiger partial charge in [0, 0.05) is 39.3 Å². The number of nitrogens with one attached hydrogen (secondary N) is 1. The molecule has 0 aliphatic rings. The lowest BCUT2D eigenvalue weighted by molar-refractivity contribution is -0.158. The summed E-state index contributed by atoms with van der Waals surface area (Å²) < 4.78 is 16.2. The zero-order valence-electron chi connectivity index (χ0n) is 22.8. The van der Waals surface area contributed by atoms with Crippen molar-refractivity contribution in [3.8, 4) is 0 Å². The lowest BCUT2D eigenvalue weighted by Crippen LogP contribution is -2.45. The van der Waals surface area contributed by atoms with Gasteiger partial charge in [0.25, 0.3) is 0 Å². The third-order valence-corrected chi connectivity index (χ3v) is 4.02. The van der Waals surface area contributed by atoms with E-state index in [0.29, 0.717) is 39.3 Å². The molecular weight excluding hydrogens is 440 g/mol. The van der Waals surface area contributed by atoms with Crippen molar-refractivity contribution in [1.82, 2.24) is 15.1 Å². The van der Waals surface area contributed by atoms with Crippen LogP contribution in [-0.2, 0) is 28.6 Å². The Bertz CT molecular complexity index is 635. The van der Waals surface area contributed by atoms with Crippen LogP contribution in [0.2, 0.25) is 0 Å². The highest BCUT2D eigenvalue weighted by atomic mass is 16.6. The minimum Gasteiger partial charge on any atom is -0.459 e. The molecule has 10 heteroatoms. The zero-order valence-corrected chi connectivity index (χ0v) is 22.8. The summed E-state index contributed by atoms with van der Waals surface area (Å²) in [5.41, 5.74) is 4.04. The quantitative estimate of drug-likeness (QED) is 0.209. The van der Waals surface area contributed by atoms with E-state index in [1.54, 1.807) is 0 Å². The summed E-state index contributed by atoms with van der Waals surface area (Å²) >= 11 is 0. The Morgan fingerprint density at radius 2 is 1.03 bits per heavy atom. The predicted octanol–water partition coefficient (Wildman–Crippen LogP) is 1.16. The Kier molecular flexibility index (Phi) is 13.9. The highest BCUT2D eigenvalue weighted by Crippen LogP contribution is 2.09. The van der Waals surface area contributed by atoms with Gasteiger partial charge in [0.1, 0.15) is 16.8 Å².